The average Bonchev–Trinajstić information content (AvgIpc) is 2.92. The second kappa shape index (κ2) is 4.39. The minimum Gasteiger partial charge on any atom is -0.302 e. The Hall–Kier alpha value is -1.35. The minimum absolute atomic E-state index is 0.482. The summed E-state index contributed by atoms with van der Waals surface area (Å²) in [6, 6.07) is 5.43. The highest BCUT2D eigenvalue weighted by Crippen LogP contribution is 2.33. The van der Waals surface area contributed by atoms with Crippen molar-refractivity contribution >= 4 is 5.52 Å². The van der Waals surface area contributed by atoms with Gasteiger partial charge in [0, 0.05) is 12.2 Å². The Balaban J connectivity index is 2.04. The molecule has 1 saturated heterocycles. The number of imidazole rings is 1. The Labute approximate surface area is 108 Å². The van der Waals surface area contributed by atoms with Gasteiger partial charge in [0.2, 0.25) is 0 Å². The van der Waals surface area contributed by atoms with Crippen LogP contribution in [0.5, 0.6) is 0 Å². The first kappa shape index (κ1) is 11.7. The van der Waals surface area contributed by atoms with Crippen LogP contribution in [0.4, 0.5) is 0 Å². The summed E-state index contributed by atoms with van der Waals surface area (Å²) in [6.45, 7) is 7.88. The van der Waals surface area contributed by atoms with Crippen molar-refractivity contribution in [2.24, 2.45) is 0 Å². The van der Waals surface area contributed by atoms with Crippen LogP contribution in [0.2, 0.25) is 0 Å². The molecule has 3 heterocycles. The Morgan fingerprint density at radius 1 is 1.39 bits per heavy atom. The van der Waals surface area contributed by atoms with Gasteiger partial charge in [-0.2, -0.15) is 0 Å². The summed E-state index contributed by atoms with van der Waals surface area (Å²) < 4.78 is 2.25. The van der Waals surface area contributed by atoms with Gasteiger partial charge >= 0.3 is 0 Å². The molecule has 1 aliphatic rings. The first-order valence-corrected chi connectivity index (χ1v) is 6.86. The molecule has 0 saturated carbocycles. The minimum atomic E-state index is 0.482. The molecule has 0 N–H and O–H groups in total. The Morgan fingerprint density at radius 2 is 2.22 bits per heavy atom. The summed E-state index contributed by atoms with van der Waals surface area (Å²) in [7, 11) is 0. The van der Waals surface area contributed by atoms with Crippen LogP contribution in [-0.2, 0) is 0 Å². The maximum atomic E-state index is 4.67. The van der Waals surface area contributed by atoms with E-state index in [-0.39, 0.29) is 0 Å². The third kappa shape index (κ3) is 1.83. The molecule has 96 valence electrons. The van der Waals surface area contributed by atoms with E-state index in [1.54, 1.807) is 0 Å². The fourth-order valence-corrected chi connectivity index (χ4v) is 3.06. The summed E-state index contributed by atoms with van der Waals surface area (Å²) in [6.07, 6.45) is 6.66. The second-order valence-corrected chi connectivity index (χ2v) is 5.60. The molecule has 0 amide bonds. The standard InChI is InChI=1S/C15H21N3/c1-11(2)17-7-4-5-14(17)15-16-10-13-9-12(3)6-8-18(13)15/h6,8-11,14H,4-5,7H2,1-3H3. The van der Waals surface area contributed by atoms with E-state index in [4.69, 9.17) is 0 Å². The van der Waals surface area contributed by atoms with Crippen LogP contribution in [0, 0.1) is 6.92 Å². The molecule has 2 aromatic rings. The van der Waals surface area contributed by atoms with Gasteiger partial charge in [0.1, 0.15) is 5.82 Å². The topological polar surface area (TPSA) is 20.5 Å². The van der Waals surface area contributed by atoms with Crippen molar-refractivity contribution < 1.29 is 0 Å². The Morgan fingerprint density at radius 3 is 3.00 bits per heavy atom. The molecule has 3 heteroatoms. The number of rotatable bonds is 2. The molecule has 18 heavy (non-hydrogen) atoms. The smallest absolute Gasteiger partial charge is 0.130 e. The Kier molecular flexibility index (Phi) is 2.86. The summed E-state index contributed by atoms with van der Waals surface area (Å²) in [5.41, 5.74) is 2.50. The number of likely N-dealkylation sites (tertiary alicyclic amines) is 1. The third-order valence-electron chi connectivity index (χ3n) is 3.97. The molecule has 0 bridgehead atoms. The van der Waals surface area contributed by atoms with Gasteiger partial charge in [-0.25, -0.2) is 4.98 Å². The molecule has 3 rings (SSSR count). The van der Waals surface area contributed by atoms with Gasteiger partial charge in [0.25, 0.3) is 0 Å². The zero-order valence-electron chi connectivity index (χ0n) is 11.4. The predicted molar refractivity (Wildman–Crippen MR) is 73.7 cm³/mol. The van der Waals surface area contributed by atoms with Crippen molar-refractivity contribution in [3.05, 3.63) is 35.9 Å². The molecule has 1 atom stereocenters. The highest BCUT2D eigenvalue weighted by molar-refractivity contribution is 5.48. The fourth-order valence-electron chi connectivity index (χ4n) is 3.06. The van der Waals surface area contributed by atoms with Crippen molar-refractivity contribution in [1.82, 2.24) is 14.3 Å². The quantitative estimate of drug-likeness (QED) is 0.807. The van der Waals surface area contributed by atoms with Crippen LogP contribution in [0.15, 0.2) is 24.5 Å². The SMILES string of the molecule is Cc1ccn2c(C3CCCN3C(C)C)ncc2c1. The molecule has 3 nitrogen and oxygen atoms in total. The van der Waals surface area contributed by atoms with Crippen LogP contribution < -0.4 is 0 Å². The lowest BCUT2D eigenvalue weighted by atomic mass is 10.2. The number of pyridine rings is 1. The van der Waals surface area contributed by atoms with Gasteiger partial charge in [0.15, 0.2) is 0 Å². The zero-order valence-corrected chi connectivity index (χ0v) is 11.4. The van der Waals surface area contributed by atoms with Crippen LogP contribution in [0.3, 0.4) is 0 Å². The molecule has 1 fully saturated rings. The zero-order chi connectivity index (χ0) is 12.7. The molecule has 0 aliphatic carbocycles. The van der Waals surface area contributed by atoms with E-state index in [0.717, 1.165) is 0 Å². The van der Waals surface area contributed by atoms with E-state index in [2.05, 4.69) is 53.4 Å². The van der Waals surface area contributed by atoms with E-state index in [1.165, 1.54) is 36.3 Å². The number of nitrogens with zero attached hydrogens (tertiary/aromatic N) is 3. The summed E-state index contributed by atoms with van der Waals surface area (Å²) in [5.74, 6) is 1.20. The van der Waals surface area contributed by atoms with E-state index in [1.807, 2.05) is 6.20 Å². The largest absolute Gasteiger partial charge is 0.302 e. The number of aromatic nitrogens is 2. The third-order valence-corrected chi connectivity index (χ3v) is 3.97. The fraction of sp³-hybridized carbons (Fsp3) is 0.533. The molecule has 2 aromatic heterocycles. The van der Waals surface area contributed by atoms with E-state index < -0.39 is 0 Å². The molecular formula is C15H21N3. The van der Waals surface area contributed by atoms with E-state index in [0.29, 0.717) is 12.1 Å². The second-order valence-electron chi connectivity index (χ2n) is 5.60. The van der Waals surface area contributed by atoms with Gasteiger partial charge in [-0.05, 0) is 57.9 Å². The van der Waals surface area contributed by atoms with Crippen molar-refractivity contribution in [3.8, 4) is 0 Å². The Bertz CT molecular complexity index is 556. The van der Waals surface area contributed by atoms with Crippen molar-refractivity contribution in [2.75, 3.05) is 6.54 Å². The first-order chi connectivity index (χ1) is 8.66. The number of aryl methyl sites for hydroxylation is 1. The van der Waals surface area contributed by atoms with Crippen LogP contribution >= 0.6 is 0 Å². The van der Waals surface area contributed by atoms with Gasteiger partial charge in [-0.3, -0.25) is 4.90 Å². The van der Waals surface area contributed by atoms with Crippen molar-refractivity contribution in [2.45, 2.75) is 45.7 Å². The van der Waals surface area contributed by atoms with Gasteiger partial charge in [-0.15, -0.1) is 0 Å². The summed E-state index contributed by atoms with van der Waals surface area (Å²) >= 11 is 0. The summed E-state index contributed by atoms with van der Waals surface area (Å²) in [4.78, 5) is 7.24. The molecule has 0 radical (unpaired) electrons. The lowest BCUT2D eigenvalue weighted by molar-refractivity contribution is 0.198. The molecular weight excluding hydrogens is 222 g/mol. The average molecular weight is 243 g/mol. The monoisotopic (exact) mass is 243 g/mol. The van der Waals surface area contributed by atoms with Gasteiger partial charge in [0.05, 0.1) is 17.8 Å². The van der Waals surface area contributed by atoms with Gasteiger partial charge < -0.3 is 4.40 Å². The van der Waals surface area contributed by atoms with Crippen molar-refractivity contribution in [3.63, 3.8) is 0 Å². The normalized spacial score (nSPS) is 21.2. The van der Waals surface area contributed by atoms with Crippen LogP contribution in [0.25, 0.3) is 5.52 Å². The highest BCUT2D eigenvalue weighted by atomic mass is 15.2. The molecule has 1 unspecified atom stereocenters. The maximum Gasteiger partial charge on any atom is 0.130 e. The molecule has 0 aromatic carbocycles. The van der Waals surface area contributed by atoms with Crippen molar-refractivity contribution in [1.29, 1.82) is 0 Å². The molecule has 0 spiro atoms. The lowest BCUT2D eigenvalue weighted by Crippen LogP contribution is -2.31. The highest BCUT2D eigenvalue weighted by Gasteiger charge is 2.30. The predicted octanol–water partition coefficient (Wildman–Crippen LogP) is 3.19. The first-order valence-electron chi connectivity index (χ1n) is 6.86. The lowest BCUT2D eigenvalue weighted by Gasteiger charge is -2.27. The summed E-state index contributed by atoms with van der Waals surface area (Å²) in [5, 5.41) is 0. The number of fused-ring (bicyclic) bond motifs is 1. The van der Waals surface area contributed by atoms with Crippen LogP contribution in [-0.4, -0.2) is 26.9 Å². The van der Waals surface area contributed by atoms with E-state index >= 15 is 0 Å². The maximum absolute atomic E-state index is 4.67. The van der Waals surface area contributed by atoms with E-state index in [9.17, 15) is 0 Å². The number of hydrogen-bond acceptors (Lipinski definition) is 2. The van der Waals surface area contributed by atoms with Crippen LogP contribution in [0.1, 0.15) is 44.1 Å². The molecule has 1 aliphatic heterocycles. The number of hydrogen-bond donors (Lipinski definition) is 0. The van der Waals surface area contributed by atoms with Gasteiger partial charge in [-0.1, -0.05) is 0 Å².